The van der Waals surface area contributed by atoms with Crippen LogP contribution in [0.2, 0.25) is 0 Å². The van der Waals surface area contributed by atoms with Crippen molar-refractivity contribution < 1.29 is 19.8 Å². The predicted octanol–water partition coefficient (Wildman–Crippen LogP) is 2.77. The zero-order valence-electron chi connectivity index (χ0n) is 15.3. The third-order valence-corrected chi connectivity index (χ3v) is 3.98. The van der Waals surface area contributed by atoms with Gasteiger partial charge in [0.1, 0.15) is 23.9 Å². The number of hydrogen-bond donors (Lipinski definition) is 4. The maximum absolute atomic E-state index is 10.0. The van der Waals surface area contributed by atoms with E-state index in [1.807, 2.05) is 24.3 Å². The summed E-state index contributed by atoms with van der Waals surface area (Å²) in [6.07, 6.45) is 0.652. The van der Waals surface area contributed by atoms with E-state index < -0.39 is 6.10 Å². The maximum Gasteiger partial charge on any atom is 0.122 e. The van der Waals surface area contributed by atoms with E-state index in [-0.39, 0.29) is 12.4 Å². The highest BCUT2D eigenvalue weighted by Gasteiger charge is 2.06. The second-order valence-corrected chi connectivity index (χ2v) is 6.10. The maximum atomic E-state index is 10.0. The highest BCUT2D eigenvalue weighted by Crippen LogP contribution is 2.15. The molecule has 0 bridgehead atoms. The highest BCUT2D eigenvalue weighted by molar-refractivity contribution is 5.98. The summed E-state index contributed by atoms with van der Waals surface area (Å²) in [6, 6.07) is 14.1. The van der Waals surface area contributed by atoms with Crippen LogP contribution in [-0.2, 0) is 0 Å². The minimum absolute atomic E-state index is 0.00730. The van der Waals surface area contributed by atoms with Crippen molar-refractivity contribution in [2.75, 3.05) is 13.2 Å². The first-order valence-electron chi connectivity index (χ1n) is 8.67. The molecule has 0 saturated heterocycles. The fourth-order valence-electron chi connectivity index (χ4n) is 2.37. The quantitative estimate of drug-likeness (QED) is 0.168. The van der Waals surface area contributed by atoms with Gasteiger partial charge in [-0.15, -0.1) is 0 Å². The monoisotopic (exact) mass is 371 g/mol. The van der Waals surface area contributed by atoms with Gasteiger partial charge in [-0.25, -0.2) is 0 Å². The van der Waals surface area contributed by atoms with Crippen LogP contribution in [0.3, 0.4) is 0 Å². The van der Waals surface area contributed by atoms with Crippen molar-refractivity contribution in [3.8, 4) is 11.5 Å². The summed E-state index contributed by atoms with van der Waals surface area (Å²) < 4.78 is 11.2. The summed E-state index contributed by atoms with van der Waals surface area (Å²) in [4.78, 5) is 0. The second kappa shape index (κ2) is 10.2. The third-order valence-electron chi connectivity index (χ3n) is 3.98. The van der Waals surface area contributed by atoms with Gasteiger partial charge in [-0.05, 0) is 73.9 Å². The average molecular weight is 371 g/mol. The zero-order valence-corrected chi connectivity index (χ0v) is 15.3. The molecule has 0 spiro atoms. The Kier molecular flexibility index (Phi) is 7.63. The summed E-state index contributed by atoms with van der Waals surface area (Å²) in [6.45, 7) is 2.39. The van der Waals surface area contributed by atoms with Crippen LogP contribution in [0.5, 0.6) is 11.5 Å². The van der Waals surface area contributed by atoms with Gasteiger partial charge in [-0.1, -0.05) is 5.16 Å². The fraction of sp³-hybridized carbons (Fsp3) is 0.300. The Morgan fingerprint density at radius 3 is 2.15 bits per heavy atom. The van der Waals surface area contributed by atoms with E-state index in [1.54, 1.807) is 31.2 Å². The van der Waals surface area contributed by atoms with Crippen molar-refractivity contribution in [1.82, 2.24) is 0 Å². The average Bonchev–Trinajstić information content (AvgIpc) is 2.69. The van der Waals surface area contributed by atoms with Crippen LogP contribution in [-0.4, -0.2) is 41.2 Å². The van der Waals surface area contributed by atoms with Crippen LogP contribution in [0.4, 0.5) is 0 Å². The largest absolute Gasteiger partial charge is 0.494 e. The van der Waals surface area contributed by atoms with E-state index in [2.05, 4.69) is 5.16 Å². The first-order valence-corrected chi connectivity index (χ1v) is 8.67. The molecule has 2 aromatic rings. The van der Waals surface area contributed by atoms with E-state index >= 15 is 0 Å². The SMILES string of the molecule is CC(=NO)c1ccc(OCCCC(O)COc2ccc(C(=N)N)cc2)cc1. The van der Waals surface area contributed by atoms with Gasteiger partial charge in [0.25, 0.3) is 0 Å². The number of ether oxygens (including phenoxy) is 2. The van der Waals surface area contributed by atoms with E-state index in [1.165, 1.54) is 0 Å². The summed E-state index contributed by atoms with van der Waals surface area (Å²) in [5.41, 5.74) is 7.40. The molecule has 0 aromatic heterocycles. The molecule has 0 aliphatic heterocycles. The van der Waals surface area contributed by atoms with Crippen molar-refractivity contribution in [3.63, 3.8) is 0 Å². The van der Waals surface area contributed by atoms with Crippen LogP contribution in [0.15, 0.2) is 53.7 Å². The van der Waals surface area contributed by atoms with Gasteiger partial charge < -0.3 is 25.5 Å². The lowest BCUT2D eigenvalue weighted by atomic mass is 10.1. The number of nitrogens with two attached hydrogens (primary N) is 1. The van der Waals surface area contributed by atoms with E-state index in [0.29, 0.717) is 36.5 Å². The zero-order chi connectivity index (χ0) is 19.6. The van der Waals surface area contributed by atoms with Crippen molar-refractivity contribution in [3.05, 3.63) is 59.7 Å². The molecule has 7 heteroatoms. The molecular weight excluding hydrogens is 346 g/mol. The van der Waals surface area contributed by atoms with Crippen LogP contribution in [0.1, 0.15) is 30.9 Å². The molecule has 0 aliphatic rings. The smallest absolute Gasteiger partial charge is 0.122 e. The lowest BCUT2D eigenvalue weighted by molar-refractivity contribution is 0.0938. The Morgan fingerprint density at radius 2 is 1.59 bits per heavy atom. The number of aliphatic hydroxyl groups is 1. The third kappa shape index (κ3) is 6.63. The van der Waals surface area contributed by atoms with Crippen LogP contribution in [0.25, 0.3) is 0 Å². The second-order valence-electron chi connectivity index (χ2n) is 6.10. The molecule has 144 valence electrons. The summed E-state index contributed by atoms with van der Waals surface area (Å²) in [7, 11) is 0. The predicted molar refractivity (Wildman–Crippen MR) is 104 cm³/mol. The molecule has 0 saturated carbocycles. The molecule has 27 heavy (non-hydrogen) atoms. The molecule has 1 unspecified atom stereocenters. The topological polar surface area (TPSA) is 121 Å². The van der Waals surface area contributed by atoms with Crippen LogP contribution < -0.4 is 15.2 Å². The molecule has 2 rings (SSSR count). The molecular formula is C20H25N3O4. The Labute approximate surface area is 158 Å². The number of benzene rings is 2. The van der Waals surface area contributed by atoms with Crippen molar-refractivity contribution in [2.45, 2.75) is 25.9 Å². The molecule has 0 aliphatic carbocycles. The Bertz CT molecular complexity index is 758. The molecule has 1 atom stereocenters. The fourth-order valence-corrected chi connectivity index (χ4v) is 2.37. The normalized spacial score (nSPS) is 12.4. The molecule has 0 fully saturated rings. The van der Waals surface area contributed by atoms with Gasteiger partial charge in [0.2, 0.25) is 0 Å². The number of hydrogen-bond acceptors (Lipinski definition) is 6. The molecule has 0 radical (unpaired) electrons. The number of rotatable bonds is 10. The summed E-state index contributed by atoms with van der Waals surface area (Å²) >= 11 is 0. The molecule has 0 amide bonds. The van der Waals surface area contributed by atoms with Gasteiger partial charge in [0.15, 0.2) is 0 Å². The van der Waals surface area contributed by atoms with E-state index in [0.717, 1.165) is 11.3 Å². The number of oxime groups is 1. The van der Waals surface area contributed by atoms with E-state index in [4.69, 9.17) is 25.8 Å². The van der Waals surface area contributed by atoms with Crippen molar-refractivity contribution in [1.29, 1.82) is 5.41 Å². The highest BCUT2D eigenvalue weighted by atomic mass is 16.5. The van der Waals surface area contributed by atoms with E-state index in [9.17, 15) is 5.11 Å². The number of nitrogen functional groups attached to an aromatic ring is 1. The van der Waals surface area contributed by atoms with Crippen LogP contribution >= 0.6 is 0 Å². The standard InChI is InChI=1S/C20H25N3O4/c1-14(23-25)15-4-8-18(9-5-15)26-12-2-3-17(24)13-27-19-10-6-16(7-11-19)20(21)22/h4-11,17,24-25H,2-3,12-13H2,1H3,(H3,21,22). The molecule has 2 aromatic carbocycles. The first kappa shape index (κ1) is 20.3. The van der Waals surface area contributed by atoms with Crippen molar-refractivity contribution >= 4 is 11.5 Å². The lowest BCUT2D eigenvalue weighted by Gasteiger charge is -2.13. The summed E-state index contributed by atoms with van der Waals surface area (Å²) in [5, 5.41) is 29.2. The molecule has 0 heterocycles. The minimum Gasteiger partial charge on any atom is -0.494 e. The number of nitrogens with one attached hydrogen (secondary N) is 1. The van der Waals surface area contributed by atoms with Gasteiger partial charge in [-0.3, -0.25) is 5.41 Å². The Balaban J connectivity index is 1.65. The lowest BCUT2D eigenvalue weighted by Crippen LogP contribution is -2.18. The van der Waals surface area contributed by atoms with Gasteiger partial charge in [0.05, 0.1) is 18.4 Å². The van der Waals surface area contributed by atoms with Crippen molar-refractivity contribution in [2.24, 2.45) is 10.9 Å². The van der Waals surface area contributed by atoms with Crippen LogP contribution in [0, 0.1) is 5.41 Å². The number of nitrogens with zero attached hydrogens (tertiary/aromatic N) is 1. The van der Waals surface area contributed by atoms with Gasteiger partial charge in [-0.2, -0.15) is 0 Å². The van der Waals surface area contributed by atoms with Gasteiger partial charge in [0, 0.05) is 5.56 Å². The molecule has 7 nitrogen and oxygen atoms in total. The number of amidine groups is 1. The number of aliphatic hydroxyl groups excluding tert-OH is 1. The van der Waals surface area contributed by atoms with Gasteiger partial charge >= 0.3 is 0 Å². The Morgan fingerprint density at radius 1 is 1.04 bits per heavy atom. The molecule has 5 N–H and O–H groups in total. The first-order chi connectivity index (χ1) is 13.0. The summed E-state index contributed by atoms with van der Waals surface area (Å²) in [5.74, 6) is 1.35. The minimum atomic E-state index is -0.591. The Hall–Kier alpha value is -3.06.